The molecule has 2 bridgehead atoms. The smallest absolute Gasteiger partial charge is 0.408 e. The largest absolute Gasteiger partial charge is 0.420 e. The summed E-state index contributed by atoms with van der Waals surface area (Å²) >= 11 is 0. The molecular formula is C18H24N2O4S. The first-order valence-electron chi connectivity index (χ1n) is 9.00. The Kier molecular flexibility index (Phi) is 4.03. The van der Waals surface area contributed by atoms with Crippen LogP contribution in [0.2, 0.25) is 0 Å². The molecule has 0 amide bonds. The average Bonchev–Trinajstić information content (AvgIpc) is 3.24. The van der Waals surface area contributed by atoms with E-state index in [1.54, 1.807) is 12.1 Å². The van der Waals surface area contributed by atoms with Gasteiger partial charge in [0.2, 0.25) is 10.0 Å². The SMILES string of the molecule is CC(C)n1c(=O)oc2cc(S(=O)(=O)NC[C@H]3C[C@H]4CC[C@H]3C4)ccc21. The molecule has 7 heteroatoms. The summed E-state index contributed by atoms with van der Waals surface area (Å²) in [6.07, 6.45) is 4.93. The zero-order chi connectivity index (χ0) is 17.8. The maximum Gasteiger partial charge on any atom is 0.420 e. The first kappa shape index (κ1) is 16.8. The van der Waals surface area contributed by atoms with Crippen LogP contribution in [0.1, 0.15) is 45.6 Å². The van der Waals surface area contributed by atoms with E-state index in [1.165, 1.54) is 29.9 Å². The summed E-state index contributed by atoms with van der Waals surface area (Å²) in [5, 5.41) is 0. The van der Waals surface area contributed by atoms with E-state index in [0.29, 0.717) is 29.5 Å². The van der Waals surface area contributed by atoms with Crippen molar-refractivity contribution in [2.24, 2.45) is 17.8 Å². The number of aromatic nitrogens is 1. The number of fused-ring (bicyclic) bond motifs is 3. The van der Waals surface area contributed by atoms with Crippen LogP contribution in [-0.2, 0) is 10.0 Å². The van der Waals surface area contributed by atoms with Crippen LogP contribution < -0.4 is 10.5 Å². The number of benzene rings is 1. The van der Waals surface area contributed by atoms with E-state index in [1.807, 2.05) is 13.8 Å². The van der Waals surface area contributed by atoms with Crippen molar-refractivity contribution in [3.8, 4) is 0 Å². The number of hydrogen-bond acceptors (Lipinski definition) is 4. The van der Waals surface area contributed by atoms with E-state index in [-0.39, 0.29) is 10.9 Å². The van der Waals surface area contributed by atoms with Gasteiger partial charge in [0.15, 0.2) is 5.58 Å². The molecule has 136 valence electrons. The van der Waals surface area contributed by atoms with Crippen LogP contribution in [0.4, 0.5) is 0 Å². The molecule has 2 aliphatic rings. The second kappa shape index (κ2) is 5.99. The fourth-order valence-corrected chi connectivity index (χ4v) is 5.71. The van der Waals surface area contributed by atoms with Crippen molar-refractivity contribution in [2.75, 3.05) is 6.54 Å². The number of sulfonamides is 1. The van der Waals surface area contributed by atoms with Gasteiger partial charge in [0.05, 0.1) is 10.4 Å². The van der Waals surface area contributed by atoms with Gasteiger partial charge in [-0.25, -0.2) is 17.9 Å². The minimum absolute atomic E-state index is 0.0490. The minimum atomic E-state index is -3.60. The van der Waals surface area contributed by atoms with Gasteiger partial charge in [0.1, 0.15) is 0 Å². The lowest BCUT2D eigenvalue weighted by Gasteiger charge is -2.21. The Morgan fingerprint density at radius 2 is 2.08 bits per heavy atom. The van der Waals surface area contributed by atoms with Gasteiger partial charge in [-0.15, -0.1) is 0 Å². The van der Waals surface area contributed by atoms with Crippen molar-refractivity contribution in [1.29, 1.82) is 0 Å². The molecule has 0 saturated heterocycles. The molecular weight excluding hydrogens is 340 g/mol. The van der Waals surface area contributed by atoms with Gasteiger partial charge in [-0.2, -0.15) is 0 Å². The fraction of sp³-hybridized carbons (Fsp3) is 0.611. The maximum absolute atomic E-state index is 12.6. The molecule has 0 spiro atoms. The summed E-state index contributed by atoms with van der Waals surface area (Å²) in [4.78, 5) is 12.1. The highest BCUT2D eigenvalue weighted by molar-refractivity contribution is 7.89. The monoisotopic (exact) mass is 364 g/mol. The molecule has 25 heavy (non-hydrogen) atoms. The van der Waals surface area contributed by atoms with Gasteiger partial charge in [-0.1, -0.05) is 6.42 Å². The number of nitrogens with zero attached hydrogens (tertiary/aromatic N) is 1. The van der Waals surface area contributed by atoms with E-state index in [4.69, 9.17) is 4.42 Å². The molecule has 0 aliphatic heterocycles. The van der Waals surface area contributed by atoms with Crippen LogP contribution >= 0.6 is 0 Å². The summed E-state index contributed by atoms with van der Waals surface area (Å²) in [6, 6.07) is 4.58. The summed E-state index contributed by atoms with van der Waals surface area (Å²) in [7, 11) is -3.60. The molecule has 1 heterocycles. The highest BCUT2D eigenvalue weighted by Crippen LogP contribution is 2.48. The van der Waals surface area contributed by atoms with Crippen molar-refractivity contribution < 1.29 is 12.8 Å². The van der Waals surface area contributed by atoms with Crippen LogP contribution in [0.25, 0.3) is 11.1 Å². The molecule has 1 N–H and O–H groups in total. The van der Waals surface area contributed by atoms with Crippen molar-refractivity contribution in [1.82, 2.24) is 9.29 Å². The van der Waals surface area contributed by atoms with Crippen molar-refractivity contribution in [2.45, 2.75) is 50.5 Å². The van der Waals surface area contributed by atoms with Crippen LogP contribution in [-0.4, -0.2) is 19.5 Å². The Balaban J connectivity index is 1.56. The summed E-state index contributed by atoms with van der Waals surface area (Å²) in [6.45, 7) is 4.27. The third-order valence-corrected chi connectivity index (χ3v) is 7.25. The summed E-state index contributed by atoms with van der Waals surface area (Å²) in [5.74, 6) is 1.46. The predicted molar refractivity (Wildman–Crippen MR) is 95.0 cm³/mol. The highest BCUT2D eigenvalue weighted by Gasteiger charge is 2.39. The van der Waals surface area contributed by atoms with Gasteiger partial charge >= 0.3 is 5.76 Å². The second-order valence-corrected chi connectivity index (χ2v) is 9.52. The Morgan fingerprint density at radius 1 is 1.28 bits per heavy atom. The Morgan fingerprint density at radius 3 is 2.72 bits per heavy atom. The lowest BCUT2D eigenvalue weighted by molar-refractivity contribution is 0.333. The molecule has 6 nitrogen and oxygen atoms in total. The molecule has 3 atom stereocenters. The molecule has 0 radical (unpaired) electrons. The number of nitrogens with one attached hydrogen (secondary N) is 1. The van der Waals surface area contributed by atoms with E-state index < -0.39 is 15.8 Å². The minimum Gasteiger partial charge on any atom is -0.408 e. The topological polar surface area (TPSA) is 81.3 Å². The highest BCUT2D eigenvalue weighted by atomic mass is 32.2. The van der Waals surface area contributed by atoms with Crippen LogP contribution in [0.5, 0.6) is 0 Å². The van der Waals surface area contributed by atoms with Gasteiger partial charge in [-0.3, -0.25) is 4.57 Å². The van der Waals surface area contributed by atoms with Crippen LogP contribution in [0, 0.1) is 17.8 Å². The molecule has 0 unspecified atom stereocenters. The van der Waals surface area contributed by atoms with E-state index in [0.717, 1.165) is 12.3 Å². The Bertz CT molecular complexity index is 957. The fourth-order valence-electron chi connectivity index (χ4n) is 4.60. The van der Waals surface area contributed by atoms with Crippen LogP contribution in [0.3, 0.4) is 0 Å². The number of oxazole rings is 1. The van der Waals surface area contributed by atoms with E-state index in [9.17, 15) is 13.2 Å². The number of rotatable bonds is 5. The molecule has 4 rings (SSSR count). The third kappa shape index (κ3) is 2.93. The van der Waals surface area contributed by atoms with Gasteiger partial charge in [-0.05, 0) is 63.0 Å². The predicted octanol–water partition coefficient (Wildman–Crippen LogP) is 2.89. The number of hydrogen-bond donors (Lipinski definition) is 1. The normalized spacial score (nSPS) is 26.1. The molecule has 1 aromatic carbocycles. The molecule has 1 aromatic heterocycles. The lowest BCUT2D eigenvalue weighted by Crippen LogP contribution is -2.31. The summed E-state index contributed by atoms with van der Waals surface area (Å²) < 4.78 is 34.8. The van der Waals surface area contributed by atoms with E-state index >= 15 is 0 Å². The first-order chi connectivity index (χ1) is 11.8. The van der Waals surface area contributed by atoms with Crippen molar-refractivity contribution >= 4 is 21.1 Å². The van der Waals surface area contributed by atoms with Crippen LogP contribution in [0.15, 0.2) is 32.3 Å². The molecule has 2 saturated carbocycles. The van der Waals surface area contributed by atoms with E-state index in [2.05, 4.69) is 4.72 Å². The molecule has 2 aromatic rings. The second-order valence-electron chi connectivity index (χ2n) is 7.75. The molecule has 2 aliphatic carbocycles. The third-order valence-electron chi connectivity index (χ3n) is 5.83. The maximum atomic E-state index is 12.6. The van der Waals surface area contributed by atoms with Gasteiger partial charge in [0.25, 0.3) is 0 Å². The zero-order valence-corrected chi connectivity index (χ0v) is 15.4. The average molecular weight is 364 g/mol. The zero-order valence-electron chi connectivity index (χ0n) is 14.6. The van der Waals surface area contributed by atoms with Crippen molar-refractivity contribution in [3.05, 3.63) is 28.7 Å². The summed E-state index contributed by atoms with van der Waals surface area (Å²) in [5.41, 5.74) is 0.925. The van der Waals surface area contributed by atoms with Crippen molar-refractivity contribution in [3.63, 3.8) is 0 Å². The standard InChI is InChI=1S/C18H24N2O4S/c1-11(2)20-16-6-5-15(9-17(16)24-18(20)21)25(22,23)19-10-14-8-12-3-4-13(14)7-12/h5-6,9,11-14,19H,3-4,7-8,10H2,1-2H3/t12-,13-,14+/m0/s1. The lowest BCUT2D eigenvalue weighted by atomic mass is 9.89. The quantitative estimate of drug-likeness (QED) is 0.884. The van der Waals surface area contributed by atoms with Gasteiger partial charge in [0, 0.05) is 18.7 Å². The first-order valence-corrected chi connectivity index (χ1v) is 10.5. The molecule has 2 fully saturated rings. The Hall–Kier alpha value is -1.60. The Labute approximate surface area is 147 Å². The van der Waals surface area contributed by atoms with Gasteiger partial charge < -0.3 is 4.42 Å².